The van der Waals surface area contributed by atoms with Crippen LogP contribution in [-0.2, 0) is 6.42 Å². The quantitative estimate of drug-likeness (QED) is 0.842. The summed E-state index contributed by atoms with van der Waals surface area (Å²) < 4.78 is 0. The zero-order chi connectivity index (χ0) is 11.2. The normalized spacial score (nSPS) is 12.3. The maximum Gasteiger partial charge on any atom is 0.0270 e. The van der Waals surface area contributed by atoms with E-state index in [2.05, 4.69) is 23.5 Å². The second-order valence-corrected chi connectivity index (χ2v) is 3.80. The summed E-state index contributed by atoms with van der Waals surface area (Å²) in [4.78, 5) is 3.98. The molecule has 0 amide bonds. The first-order valence-corrected chi connectivity index (χ1v) is 5.39. The Morgan fingerprint density at radius 3 is 2.44 bits per heavy atom. The van der Waals surface area contributed by atoms with Crippen molar-refractivity contribution in [2.75, 3.05) is 0 Å². The monoisotopic (exact) mass is 211 g/mol. The molecule has 0 spiro atoms. The lowest BCUT2D eigenvalue weighted by Gasteiger charge is -2.10. The van der Waals surface area contributed by atoms with E-state index in [1.54, 1.807) is 12.4 Å². The number of rotatable bonds is 4. The van der Waals surface area contributed by atoms with E-state index in [0.717, 1.165) is 12.0 Å². The summed E-state index contributed by atoms with van der Waals surface area (Å²) in [6.45, 7) is 0. The number of aromatic nitrogens is 1. The van der Waals surface area contributed by atoms with Crippen LogP contribution < -0.4 is 5.73 Å². The number of hydrogen-bond acceptors (Lipinski definition) is 2. The molecule has 0 fully saturated rings. The van der Waals surface area contributed by atoms with Crippen LogP contribution in [0.15, 0.2) is 54.9 Å². The molecule has 2 N–H and O–H groups in total. The van der Waals surface area contributed by atoms with E-state index in [-0.39, 0.29) is 6.04 Å². The summed E-state index contributed by atoms with van der Waals surface area (Å²) in [5.41, 5.74) is 8.45. The van der Waals surface area contributed by atoms with Crippen molar-refractivity contribution < 1.29 is 0 Å². The van der Waals surface area contributed by atoms with Crippen molar-refractivity contribution in [3.8, 4) is 0 Å². The lowest BCUT2D eigenvalue weighted by Crippen LogP contribution is -2.23. The minimum atomic E-state index is 0.0461. The molecule has 0 unspecified atom stereocenters. The topological polar surface area (TPSA) is 38.9 Å². The van der Waals surface area contributed by atoms with E-state index in [1.165, 1.54) is 5.56 Å². The van der Waals surface area contributed by atoms with E-state index in [4.69, 9.17) is 5.73 Å². The van der Waals surface area contributed by atoms with Crippen LogP contribution in [0, 0.1) is 6.42 Å². The van der Waals surface area contributed by atoms with Crippen LogP contribution in [0.5, 0.6) is 0 Å². The van der Waals surface area contributed by atoms with Gasteiger partial charge >= 0.3 is 0 Å². The Labute approximate surface area is 96.1 Å². The Morgan fingerprint density at radius 1 is 1.06 bits per heavy atom. The highest BCUT2D eigenvalue weighted by Crippen LogP contribution is 2.08. The van der Waals surface area contributed by atoms with Gasteiger partial charge in [-0.3, -0.25) is 4.98 Å². The third-order valence-corrected chi connectivity index (χ3v) is 2.43. The second-order valence-electron chi connectivity index (χ2n) is 3.80. The molecule has 1 radical (unpaired) electrons. The first-order valence-electron chi connectivity index (χ1n) is 5.39. The fourth-order valence-corrected chi connectivity index (χ4v) is 1.67. The van der Waals surface area contributed by atoms with Gasteiger partial charge in [-0.2, -0.15) is 0 Å². The van der Waals surface area contributed by atoms with Crippen LogP contribution in [0.1, 0.15) is 11.1 Å². The third kappa shape index (κ3) is 3.17. The number of nitrogens with two attached hydrogens (primary N) is 1. The van der Waals surface area contributed by atoms with Crippen molar-refractivity contribution in [3.05, 3.63) is 72.4 Å². The third-order valence-electron chi connectivity index (χ3n) is 2.43. The average molecular weight is 211 g/mol. The molecule has 0 saturated heterocycles. The Kier molecular flexibility index (Phi) is 3.67. The van der Waals surface area contributed by atoms with Gasteiger partial charge in [0.2, 0.25) is 0 Å². The molecule has 2 rings (SSSR count). The van der Waals surface area contributed by atoms with Crippen molar-refractivity contribution in [1.82, 2.24) is 4.98 Å². The maximum atomic E-state index is 6.06. The molecule has 0 saturated carbocycles. The Hall–Kier alpha value is -1.67. The maximum absolute atomic E-state index is 6.06. The number of nitrogens with zero attached hydrogens (tertiary/aromatic N) is 1. The van der Waals surface area contributed by atoms with Gasteiger partial charge in [0.15, 0.2) is 0 Å². The first-order chi connectivity index (χ1) is 7.84. The van der Waals surface area contributed by atoms with Gasteiger partial charge in [-0.25, -0.2) is 0 Å². The zero-order valence-electron chi connectivity index (χ0n) is 9.08. The molecular formula is C14H15N2. The molecule has 16 heavy (non-hydrogen) atoms. The summed E-state index contributed by atoms with van der Waals surface area (Å²) in [6, 6.07) is 14.3. The van der Waals surface area contributed by atoms with Crippen molar-refractivity contribution in [2.24, 2.45) is 5.73 Å². The molecule has 0 aliphatic heterocycles. The summed E-state index contributed by atoms with van der Waals surface area (Å²) in [7, 11) is 0. The summed E-state index contributed by atoms with van der Waals surface area (Å²) in [5.74, 6) is 0. The van der Waals surface area contributed by atoms with Crippen LogP contribution in [0.4, 0.5) is 0 Å². The van der Waals surface area contributed by atoms with Gasteiger partial charge in [0.25, 0.3) is 0 Å². The lowest BCUT2D eigenvalue weighted by atomic mass is 10.0. The molecule has 2 nitrogen and oxygen atoms in total. The minimum Gasteiger partial charge on any atom is -0.327 e. The fraction of sp³-hybridized carbons (Fsp3) is 0.143. The molecule has 2 aromatic rings. The highest BCUT2D eigenvalue weighted by molar-refractivity contribution is 5.24. The predicted molar refractivity (Wildman–Crippen MR) is 65.8 cm³/mol. The molecule has 0 aliphatic rings. The minimum absolute atomic E-state index is 0.0461. The van der Waals surface area contributed by atoms with Crippen LogP contribution in [0.3, 0.4) is 0 Å². The molecule has 1 aromatic carbocycles. The van der Waals surface area contributed by atoms with Gasteiger partial charge in [0, 0.05) is 24.9 Å². The molecular weight excluding hydrogens is 196 g/mol. The van der Waals surface area contributed by atoms with Crippen molar-refractivity contribution >= 4 is 0 Å². The SMILES string of the molecule is N[C@@H]([CH]c1ccncc1)Cc1ccccc1. The van der Waals surface area contributed by atoms with Crippen LogP contribution in [0.2, 0.25) is 0 Å². The average Bonchev–Trinajstić information content (AvgIpc) is 2.31. The Balaban J connectivity index is 1.92. The van der Waals surface area contributed by atoms with Crippen LogP contribution >= 0.6 is 0 Å². The van der Waals surface area contributed by atoms with E-state index >= 15 is 0 Å². The first kappa shape index (κ1) is 10.8. The molecule has 1 aromatic heterocycles. The van der Waals surface area contributed by atoms with Gasteiger partial charge < -0.3 is 5.73 Å². The van der Waals surface area contributed by atoms with E-state index < -0.39 is 0 Å². The van der Waals surface area contributed by atoms with Gasteiger partial charge in [0.05, 0.1) is 0 Å². The van der Waals surface area contributed by atoms with Crippen LogP contribution in [0.25, 0.3) is 0 Å². The van der Waals surface area contributed by atoms with Crippen LogP contribution in [-0.4, -0.2) is 11.0 Å². The van der Waals surface area contributed by atoms with Crippen molar-refractivity contribution in [3.63, 3.8) is 0 Å². The number of pyridine rings is 1. The highest BCUT2D eigenvalue weighted by atomic mass is 14.6. The van der Waals surface area contributed by atoms with Gasteiger partial charge in [-0.1, -0.05) is 30.3 Å². The predicted octanol–water partition coefficient (Wildman–Crippen LogP) is 2.20. The zero-order valence-corrected chi connectivity index (χ0v) is 9.08. The molecule has 1 atom stereocenters. The van der Waals surface area contributed by atoms with Gasteiger partial charge in [-0.15, -0.1) is 0 Å². The second kappa shape index (κ2) is 5.42. The highest BCUT2D eigenvalue weighted by Gasteiger charge is 2.05. The number of hydrogen-bond donors (Lipinski definition) is 1. The van der Waals surface area contributed by atoms with Crippen molar-refractivity contribution in [2.45, 2.75) is 12.5 Å². The molecule has 2 heteroatoms. The lowest BCUT2D eigenvalue weighted by molar-refractivity contribution is 0.768. The van der Waals surface area contributed by atoms with E-state index in [0.29, 0.717) is 0 Å². The Bertz CT molecular complexity index is 370. The molecule has 0 aliphatic carbocycles. The van der Waals surface area contributed by atoms with E-state index in [9.17, 15) is 0 Å². The smallest absolute Gasteiger partial charge is 0.0270 e. The van der Waals surface area contributed by atoms with Crippen molar-refractivity contribution in [1.29, 1.82) is 0 Å². The Morgan fingerprint density at radius 2 is 1.75 bits per heavy atom. The number of benzene rings is 1. The standard InChI is InChI=1S/C14H15N2/c15-14(10-12-4-2-1-3-5-12)11-13-6-8-16-9-7-13/h1-9,11,14H,10,15H2/t14-/m1/s1. The molecule has 81 valence electrons. The summed E-state index contributed by atoms with van der Waals surface area (Å²) >= 11 is 0. The summed E-state index contributed by atoms with van der Waals surface area (Å²) in [6.07, 6.45) is 6.49. The molecule has 0 bridgehead atoms. The summed E-state index contributed by atoms with van der Waals surface area (Å²) in [5, 5.41) is 0. The molecule has 1 heterocycles. The van der Waals surface area contributed by atoms with E-state index in [1.807, 2.05) is 30.3 Å². The largest absolute Gasteiger partial charge is 0.327 e. The van der Waals surface area contributed by atoms with Gasteiger partial charge in [-0.05, 0) is 29.7 Å². The van der Waals surface area contributed by atoms with Gasteiger partial charge in [0.1, 0.15) is 0 Å². The fourth-order valence-electron chi connectivity index (χ4n) is 1.67.